The van der Waals surface area contributed by atoms with E-state index < -0.39 is 11.7 Å². The van der Waals surface area contributed by atoms with Crippen LogP contribution in [0, 0.1) is 0 Å². The van der Waals surface area contributed by atoms with E-state index in [-0.39, 0.29) is 18.0 Å². The van der Waals surface area contributed by atoms with Gasteiger partial charge in [-0.25, -0.2) is 0 Å². The first kappa shape index (κ1) is 18.6. The van der Waals surface area contributed by atoms with Crippen molar-refractivity contribution in [2.75, 3.05) is 6.54 Å². The predicted molar refractivity (Wildman–Crippen MR) is 96.8 cm³/mol. The first-order valence-corrected chi connectivity index (χ1v) is 8.90. The van der Waals surface area contributed by atoms with E-state index in [0.29, 0.717) is 23.7 Å². The van der Waals surface area contributed by atoms with Crippen LogP contribution in [0.15, 0.2) is 53.1 Å². The molecule has 4 nitrogen and oxygen atoms in total. The number of aromatic nitrogens is 1. The summed E-state index contributed by atoms with van der Waals surface area (Å²) in [5, 5.41) is 4.68. The van der Waals surface area contributed by atoms with Gasteiger partial charge in [0.2, 0.25) is 0 Å². The Bertz CT molecular complexity index is 1010. The lowest BCUT2D eigenvalue weighted by molar-refractivity contribution is -0.137. The predicted octanol–water partition coefficient (Wildman–Crippen LogP) is 5.21. The highest BCUT2D eigenvalue weighted by Crippen LogP contribution is 2.32. The Balaban J connectivity index is 1.57. The quantitative estimate of drug-likeness (QED) is 0.586. The van der Waals surface area contributed by atoms with Crippen molar-refractivity contribution in [3.8, 4) is 11.3 Å². The lowest BCUT2D eigenvalue weighted by Gasteiger charge is -2.26. The van der Waals surface area contributed by atoms with Gasteiger partial charge in [0.1, 0.15) is 0 Å². The van der Waals surface area contributed by atoms with Crippen LogP contribution >= 0.6 is 11.6 Å². The van der Waals surface area contributed by atoms with Crippen LogP contribution in [-0.4, -0.2) is 22.5 Å². The maximum Gasteiger partial charge on any atom is 0.416 e. The number of nitrogens with zero attached hydrogens (tertiary/aromatic N) is 2. The minimum absolute atomic E-state index is 0.209. The van der Waals surface area contributed by atoms with E-state index in [9.17, 15) is 18.0 Å². The van der Waals surface area contributed by atoms with Crippen LogP contribution in [0.2, 0.25) is 5.02 Å². The standard InChI is InChI=1S/C20H14ClF3N2O2/c21-15-7-3-12(4-8-15)18-16-11-26(10-9-17(16)25-28-18)19(27)13-1-5-14(6-2-13)20(22,23)24/h1-8H,9-11H2. The second-order valence-corrected chi connectivity index (χ2v) is 6.93. The highest BCUT2D eigenvalue weighted by atomic mass is 35.5. The summed E-state index contributed by atoms with van der Waals surface area (Å²) in [5.41, 5.74) is 1.80. The molecule has 0 unspecified atom stereocenters. The second-order valence-electron chi connectivity index (χ2n) is 6.50. The zero-order valence-electron chi connectivity index (χ0n) is 14.5. The number of hydrogen-bond donors (Lipinski definition) is 0. The van der Waals surface area contributed by atoms with Gasteiger partial charge >= 0.3 is 6.18 Å². The normalized spacial score (nSPS) is 14.1. The van der Waals surface area contributed by atoms with Crippen LogP contribution in [0.5, 0.6) is 0 Å². The highest BCUT2D eigenvalue weighted by Gasteiger charge is 2.31. The van der Waals surface area contributed by atoms with Crippen molar-refractivity contribution in [2.45, 2.75) is 19.1 Å². The number of alkyl halides is 3. The smallest absolute Gasteiger partial charge is 0.356 e. The molecule has 8 heteroatoms. The van der Waals surface area contributed by atoms with Gasteiger partial charge in [-0.1, -0.05) is 16.8 Å². The lowest BCUT2D eigenvalue weighted by Crippen LogP contribution is -2.36. The molecule has 0 atom stereocenters. The SMILES string of the molecule is O=C(c1ccc(C(F)(F)F)cc1)N1CCc2noc(-c3ccc(Cl)cc3)c2C1. The molecule has 0 spiro atoms. The summed E-state index contributed by atoms with van der Waals surface area (Å²) in [6, 6.07) is 11.3. The summed E-state index contributed by atoms with van der Waals surface area (Å²) < 4.78 is 43.6. The number of carbonyl (C=O) groups is 1. The first-order chi connectivity index (χ1) is 13.3. The molecule has 0 fully saturated rings. The molecule has 1 aromatic heterocycles. The number of fused-ring (bicyclic) bond motifs is 1. The van der Waals surface area contributed by atoms with Gasteiger partial charge in [0.15, 0.2) is 5.76 Å². The average molecular weight is 407 g/mol. The van der Waals surface area contributed by atoms with Crippen LogP contribution in [0.1, 0.15) is 27.2 Å². The average Bonchev–Trinajstić information content (AvgIpc) is 3.10. The summed E-state index contributed by atoms with van der Waals surface area (Å²) in [6.07, 6.45) is -3.92. The molecule has 1 aliphatic rings. The Morgan fingerprint density at radius 2 is 1.75 bits per heavy atom. The molecule has 144 valence electrons. The molecule has 0 N–H and O–H groups in total. The molecule has 2 aromatic carbocycles. The molecule has 0 bridgehead atoms. The highest BCUT2D eigenvalue weighted by molar-refractivity contribution is 6.30. The van der Waals surface area contributed by atoms with Crippen molar-refractivity contribution < 1.29 is 22.5 Å². The van der Waals surface area contributed by atoms with Gasteiger partial charge in [0.05, 0.1) is 17.8 Å². The summed E-state index contributed by atoms with van der Waals surface area (Å²) in [5.74, 6) is 0.235. The molecule has 28 heavy (non-hydrogen) atoms. The maximum atomic E-state index is 12.8. The summed E-state index contributed by atoms with van der Waals surface area (Å²) in [4.78, 5) is 14.3. The van der Waals surface area contributed by atoms with Crippen LogP contribution in [0.25, 0.3) is 11.3 Å². The Labute approximate surface area is 163 Å². The largest absolute Gasteiger partial charge is 0.416 e. The molecule has 0 radical (unpaired) electrons. The zero-order valence-corrected chi connectivity index (χ0v) is 15.2. The van der Waals surface area contributed by atoms with Crippen molar-refractivity contribution >= 4 is 17.5 Å². The Hall–Kier alpha value is -2.80. The zero-order chi connectivity index (χ0) is 19.9. The fourth-order valence-corrected chi connectivity index (χ4v) is 3.32. The minimum atomic E-state index is -4.43. The molecule has 0 saturated heterocycles. The lowest BCUT2D eigenvalue weighted by atomic mass is 10.0. The van der Waals surface area contributed by atoms with E-state index in [0.717, 1.165) is 29.0 Å². The molecular formula is C20H14ClF3N2O2. The molecule has 1 aliphatic heterocycles. The third kappa shape index (κ3) is 3.49. The van der Waals surface area contributed by atoms with E-state index in [1.807, 2.05) is 0 Å². The molecule has 1 amide bonds. The molecule has 4 rings (SSSR count). The second kappa shape index (κ2) is 6.98. The molecule has 0 saturated carbocycles. The number of hydrogen-bond acceptors (Lipinski definition) is 3. The Morgan fingerprint density at radius 3 is 2.39 bits per heavy atom. The molecule has 3 aromatic rings. The van der Waals surface area contributed by atoms with E-state index >= 15 is 0 Å². The monoisotopic (exact) mass is 406 g/mol. The number of amides is 1. The molecular weight excluding hydrogens is 393 g/mol. The fraction of sp³-hybridized carbons (Fsp3) is 0.200. The Kier molecular flexibility index (Phi) is 4.63. The number of carbonyl (C=O) groups excluding carboxylic acids is 1. The van der Waals surface area contributed by atoms with E-state index in [4.69, 9.17) is 16.1 Å². The van der Waals surface area contributed by atoms with Crippen LogP contribution in [-0.2, 0) is 19.1 Å². The maximum absolute atomic E-state index is 12.8. The van der Waals surface area contributed by atoms with Gasteiger partial charge in [0.25, 0.3) is 5.91 Å². The third-order valence-electron chi connectivity index (χ3n) is 4.69. The van der Waals surface area contributed by atoms with E-state index in [2.05, 4.69) is 5.16 Å². The number of benzene rings is 2. The summed E-state index contributed by atoms with van der Waals surface area (Å²) in [7, 11) is 0. The number of halogens is 4. The van der Waals surface area contributed by atoms with Crippen molar-refractivity contribution in [3.63, 3.8) is 0 Å². The topological polar surface area (TPSA) is 46.3 Å². The third-order valence-corrected chi connectivity index (χ3v) is 4.94. The van der Waals surface area contributed by atoms with E-state index in [1.54, 1.807) is 29.2 Å². The minimum Gasteiger partial charge on any atom is -0.356 e. The van der Waals surface area contributed by atoms with Crippen LogP contribution in [0.3, 0.4) is 0 Å². The fourth-order valence-electron chi connectivity index (χ4n) is 3.20. The van der Waals surface area contributed by atoms with E-state index in [1.165, 1.54) is 12.1 Å². The van der Waals surface area contributed by atoms with Gasteiger partial charge in [-0.3, -0.25) is 4.79 Å². The van der Waals surface area contributed by atoms with Gasteiger partial charge < -0.3 is 9.42 Å². The van der Waals surface area contributed by atoms with Crippen LogP contribution < -0.4 is 0 Å². The molecule has 0 aliphatic carbocycles. The molecule has 2 heterocycles. The van der Waals surface area contributed by atoms with Crippen LogP contribution in [0.4, 0.5) is 13.2 Å². The number of rotatable bonds is 2. The van der Waals surface area contributed by atoms with Crippen molar-refractivity contribution in [1.29, 1.82) is 0 Å². The van der Waals surface area contributed by atoms with Gasteiger partial charge in [-0.05, 0) is 48.5 Å². The first-order valence-electron chi connectivity index (χ1n) is 8.53. The van der Waals surface area contributed by atoms with Crippen molar-refractivity contribution in [3.05, 3.63) is 75.9 Å². The van der Waals surface area contributed by atoms with Crippen molar-refractivity contribution in [2.24, 2.45) is 0 Å². The van der Waals surface area contributed by atoms with Gasteiger partial charge in [0, 0.05) is 34.7 Å². The Morgan fingerprint density at radius 1 is 1.07 bits per heavy atom. The van der Waals surface area contributed by atoms with Crippen molar-refractivity contribution in [1.82, 2.24) is 10.1 Å². The van der Waals surface area contributed by atoms with Gasteiger partial charge in [-0.2, -0.15) is 13.2 Å². The van der Waals surface area contributed by atoms with Gasteiger partial charge in [-0.15, -0.1) is 0 Å². The summed E-state index contributed by atoms with van der Waals surface area (Å²) in [6.45, 7) is 0.691. The summed E-state index contributed by atoms with van der Waals surface area (Å²) >= 11 is 5.92.